The Hall–Kier alpha value is -1.24. The van der Waals surface area contributed by atoms with Gasteiger partial charge < -0.3 is 4.90 Å². The maximum absolute atomic E-state index is 13.2. The molecule has 5 nitrogen and oxygen atoms in total. The van der Waals surface area contributed by atoms with Crippen LogP contribution in [0.2, 0.25) is 0 Å². The van der Waals surface area contributed by atoms with Gasteiger partial charge in [0.15, 0.2) is 0 Å². The average molecular weight is 435 g/mol. The van der Waals surface area contributed by atoms with Gasteiger partial charge in [-0.05, 0) is 44.5 Å². The fourth-order valence-electron chi connectivity index (χ4n) is 4.27. The van der Waals surface area contributed by atoms with Crippen molar-refractivity contribution in [2.45, 2.75) is 46.2 Å². The predicted octanol–water partition coefficient (Wildman–Crippen LogP) is 3.90. The number of benzene rings is 1. The fourth-order valence-corrected chi connectivity index (χ4v) is 4.63. The number of likely N-dealkylation sites (N-methyl/N-ethyl adjacent to an activating group) is 1. The van der Waals surface area contributed by atoms with Gasteiger partial charge in [-0.2, -0.15) is 0 Å². The summed E-state index contributed by atoms with van der Waals surface area (Å²) in [5.74, 6) is 1.53. The lowest BCUT2D eigenvalue weighted by Gasteiger charge is -2.32. The minimum atomic E-state index is 0.0693. The van der Waals surface area contributed by atoms with Crippen LogP contribution in [0.5, 0.6) is 0 Å². The van der Waals surface area contributed by atoms with Crippen LogP contribution >= 0.6 is 15.9 Å². The van der Waals surface area contributed by atoms with Gasteiger partial charge in [0.1, 0.15) is 5.82 Å². The Kier molecular flexibility index (Phi) is 6.71. The summed E-state index contributed by atoms with van der Waals surface area (Å²) >= 11 is 3.48. The first kappa shape index (κ1) is 20.5. The number of halogens is 1. The molecular weight excluding hydrogens is 404 g/mol. The third-order valence-electron chi connectivity index (χ3n) is 5.50. The van der Waals surface area contributed by atoms with Gasteiger partial charge in [0.25, 0.3) is 5.56 Å². The zero-order valence-corrected chi connectivity index (χ0v) is 18.5. The van der Waals surface area contributed by atoms with Crippen LogP contribution in [0.3, 0.4) is 0 Å². The van der Waals surface area contributed by atoms with E-state index in [4.69, 9.17) is 4.98 Å². The van der Waals surface area contributed by atoms with Crippen LogP contribution in [0, 0.1) is 5.92 Å². The first-order chi connectivity index (χ1) is 12.9. The number of hydrogen-bond acceptors (Lipinski definition) is 4. The molecule has 1 aliphatic rings. The Bertz CT molecular complexity index is 850. The van der Waals surface area contributed by atoms with Crippen LogP contribution in [0.15, 0.2) is 27.5 Å². The molecule has 1 fully saturated rings. The summed E-state index contributed by atoms with van der Waals surface area (Å²) in [5.41, 5.74) is 0.865. The topological polar surface area (TPSA) is 41.4 Å². The summed E-state index contributed by atoms with van der Waals surface area (Å²) in [4.78, 5) is 23.1. The number of aromatic nitrogens is 2. The summed E-state index contributed by atoms with van der Waals surface area (Å²) in [5, 5.41) is 0.689. The molecule has 27 heavy (non-hydrogen) atoms. The van der Waals surface area contributed by atoms with Gasteiger partial charge in [-0.15, -0.1) is 0 Å². The van der Waals surface area contributed by atoms with Crippen molar-refractivity contribution in [1.82, 2.24) is 19.4 Å². The lowest BCUT2D eigenvalue weighted by atomic mass is 10.1. The normalized spacial score (nSPS) is 20.7. The van der Waals surface area contributed by atoms with Crippen LogP contribution in [0.25, 0.3) is 10.9 Å². The average Bonchev–Trinajstić information content (AvgIpc) is 2.80. The second kappa shape index (κ2) is 8.84. The van der Waals surface area contributed by atoms with E-state index in [0.29, 0.717) is 17.8 Å². The van der Waals surface area contributed by atoms with Gasteiger partial charge in [-0.3, -0.25) is 14.3 Å². The third-order valence-corrected chi connectivity index (χ3v) is 5.99. The second-order valence-electron chi connectivity index (χ2n) is 7.85. The molecule has 0 amide bonds. The molecule has 0 spiro atoms. The van der Waals surface area contributed by atoms with Crippen molar-refractivity contribution in [2.75, 3.05) is 33.2 Å². The van der Waals surface area contributed by atoms with E-state index in [9.17, 15) is 4.79 Å². The zero-order chi connectivity index (χ0) is 19.6. The van der Waals surface area contributed by atoms with Crippen LogP contribution < -0.4 is 5.56 Å². The Balaban J connectivity index is 2.10. The molecule has 0 N–H and O–H groups in total. The Labute approximate surface area is 170 Å². The highest BCUT2D eigenvalue weighted by Gasteiger charge is 2.28. The van der Waals surface area contributed by atoms with Crippen molar-refractivity contribution in [1.29, 1.82) is 0 Å². The summed E-state index contributed by atoms with van der Waals surface area (Å²) < 4.78 is 2.80. The largest absolute Gasteiger partial charge is 0.305 e. The van der Waals surface area contributed by atoms with Crippen LogP contribution in [-0.4, -0.2) is 52.6 Å². The monoisotopic (exact) mass is 434 g/mol. The molecule has 0 saturated carbocycles. The molecule has 1 aromatic heterocycles. The van der Waals surface area contributed by atoms with Gasteiger partial charge in [0.05, 0.1) is 16.9 Å². The molecule has 2 heterocycles. The molecule has 148 valence electrons. The van der Waals surface area contributed by atoms with E-state index in [-0.39, 0.29) is 11.6 Å². The first-order valence-electron chi connectivity index (χ1n) is 10.1. The maximum atomic E-state index is 13.2. The molecule has 1 aromatic carbocycles. The van der Waals surface area contributed by atoms with Crippen molar-refractivity contribution in [2.24, 2.45) is 5.92 Å². The molecular formula is C21H31BrN4O. The van der Waals surface area contributed by atoms with Crippen LogP contribution in [0.1, 0.15) is 45.5 Å². The summed E-state index contributed by atoms with van der Waals surface area (Å²) in [6, 6.07) is 5.99. The van der Waals surface area contributed by atoms with E-state index >= 15 is 0 Å². The van der Waals surface area contributed by atoms with E-state index in [0.717, 1.165) is 54.8 Å². The van der Waals surface area contributed by atoms with E-state index in [1.54, 1.807) is 0 Å². The number of fused-ring (bicyclic) bond motifs is 1. The number of hydrogen-bond donors (Lipinski definition) is 0. The SMILES string of the molecule is CCC[C@H](c1nc2ccc(Br)cc2c(=O)n1CC)N1CCN(C)C[C@@H](C)C1. The van der Waals surface area contributed by atoms with E-state index in [1.807, 2.05) is 29.7 Å². The highest BCUT2D eigenvalue weighted by molar-refractivity contribution is 9.10. The van der Waals surface area contributed by atoms with E-state index in [2.05, 4.69) is 46.6 Å². The summed E-state index contributed by atoms with van der Waals surface area (Å²) in [7, 11) is 2.20. The molecule has 2 aromatic rings. The predicted molar refractivity (Wildman–Crippen MR) is 115 cm³/mol. The number of nitrogens with zero attached hydrogens (tertiary/aromatic N) is 4. The van der Waals surface area contributed by atoms with Gasteiger partial charge >= 0.3 is 0 Å². The fraction of sp³-hybridized carbons (Fsp3) is 0.619. The molecule has 3 rings (SSSR count). The lowest BCUT2D eigenvalue weighted by molar-refractivity contribution is 0.167. The quantitative estimate of drug-likeness (QED) is 0.715. The van der Waals surface area contributed by atoms with E-state index in [1.165, 1.54) is 0 Å². The second-order valence-corrected chi connectivity index (χ2v) is 8.76. The summed E-state index contributed by atoms with van der Waals surface area (Å²) in [6.07, 6.45) is 2.09. The van der Waals surface area contributed by atoms with Crippen molar-refractivity contribution >= 4 is 26.8 Å². The lowest BCUT2D eigenvalue weighted by Crippen LogP contribution is -2.38. The smallest absolute Gasteiger partial charge is 0.261 e. The Morgan fingerprint density at radius 3 is 2.74 bits per heavy atom. The van der Waals surface area contributed by atoms with Crippen molar-refractivity contribution < 1.29 is 0 Å². The first-order valence-corrected chi connectivity index (χ1v) is 10.9. The van der Waals surface area contributed by atoms with Crippen LogP contribution in [-0.2, 0) is 6.54 Å². The molecule has 2 atom stereocenters. The molecule has 1 saturated heterocycles. The van der Waals surface area contributed by atoms with Crippen molar-refractivity contribution in [3.63, 3.8) is 0 Å². The number of rotatable bonds is 5. The summed E-state index contributed by atoms with van der Waals surface area (Å²) in [6.45, 7) is 11.5. The zero-order valence-electron chi connectivity index (χ0n) is 16.9. The van der Waals surface area contributed by atoms with Gasteiger partial charge in [-0.25, -0.2) is 4.98 Å². The highest BCUT2D eigenvalue weighted by atomic mass is 79.9. The molecule has 0 aliphatic carbocycles. The van der Waals surface area contributed by atoms with Crippen molar-refractivity contribution in [3.05, 3.63) is 38.9 Å². The molecule has 0 radical (unpaired) electrons. The maximum Gasteiger partial charge on any atom is 0.261 e. The van der Waals surface area contributed by atoms with Crippen LogP contribution in [0.4, 0.5) is 0 Å². The van der Waals surface area contributed by atoms with Gasteiger partial charge in [0, 0.05) is 37.2 Å². The standard InChI is InChI=1S/C21H31BrN4O/c1-5-7-19(25-11-10-24(4)13-15(3)14-25)20-23-18-9-8-16(22)12-17(18)21(27)26(20)6-2/h8-9,12,15,19H,5-7,10-11,13-14H2,1-4H3/t15-,19-/m1/s1. The van der Waals surface area contributed by atoms with Gasteiger partial charge in [-0.1, -0.05) is 36.2 Å². The highest BCUT2D eigenvalue weighted by Crippen LogP contribution is 2.28. The Morgan fingerprint density at radius 1 is 1.26 bits per heavy atom. The molecule has 6 heteroatoms. The molecule has 1 aliphatic heterocycles. The Morgan fingerprint density at radius 2 is 2.04 bits per heavy atom. The van der Waals surface area contributed by atoms with Crippen molar-refractivity contribution in [3.8, 4) is 0 Å². The third kappa shape index (κ3) is 4.44. The molecule has 0 bridgehead atoms. The minimum Gasteiger partial charge on any atom is -0.305 e. The molecule has 0 unspecified atom stereocenters. The van der Waals surface area contributed by atoms with Gasteiger partial charge in [0.2, 0.25) is 0 Å². The minimum absolute atomic E-state index is 0.0693. The van der Waals surface area contributed by atoms with E-state index < -0.39 is 0 Å².